The van der Waals surface area contributed by atoms with E-state index in [0.29, 0.717) is 6.54 Å². The highest BCUT2D eigenvalue weighted by Crippen LogP contribution is 2.23. The van der Waals surface area contributed by atoms with Crippen LogP contribution in [0.25, 0.3) is 0 Å². The van der Waals surface area contributed by atoms with Gasteiger partial charge in [-0.05, 0) is 19.9 Å². The third-order valence-corrected chi connectivity index (χ3v) is 2.32. The Morgan fingerprint density at radius 1 is 1.33 bits per heavy atom. The van der Waals surface area contributed by atoms with Crippen LogP contribution in [0.3, 0.4) is 0 Å². The maximum atomic E-state index is 9.18. The minimum absolute atomic E-state index is 0.177. The second-order valence-corrected chi connectivity index (χ2v) is 3.72. The Labute approximate surface area is 91.1 Å². The molecule has 0 aliphatic carbocycles. The number of methoxy groups -OCH3 is 1. The van der Waals surface area contributed by atoms with Crippen molar-refractivity contribution in [2.24, 2.45) is 0 Å². The predicted molar refractivity (Wildman–Crippen MR) is 61.1 cm³/mol. The molecular weight excluding hydrogens is 190 g/mol. The lowest BCUT2D eigenvalue weighted by Crippen LogP contribution is -2.27. The first-order valence-corrected chi connectivity index (χ1v) is 5.19. The number of benzene rings is 1. The summed E-state index contributed by atoms with van der Waals surface area (Å²) in [6.07, 6.45) is -0.331. The first-order chi connectivity index (χ1) is 7.15. The smallest absolute Gasteiger partial charge is 0.123 e. The minimum Gasteiger partial charge on any atom is -0.496 e. The van der Waals surface area contributed by atoms with E-state index in [9.17, 15) is 5.11 Å². The fraction of sp³-hybridized carbons (Fsp3) is 0.500. The van der Waals surface area contributed by atoms with Crippen LogP contribution in [0, 0.1) is 0 Å². The van der Waals surface area contributed by atoms with Crippen molar-refractivity contribution >= 4 is 0 Å². The molecule has 2 N–H and O–H groups in total. The van der Waals surface area contributed by atoms with E-state index in [1.807, 2.05) is 24.3 Å². The first-order valence-electron chi connectivity index (χ1n) is 5.19. The summed E-state index contributed by atoms with van der Waals surface area (Å²) in [7, 11) is 1.67. The topological polar surface area (TPSA) is 41.5 Å². The standard InChI is InChI=1S/C12H19NO2/c1-9(14)8-13-10(2)11-6-4-5-7-12(11)15-3/h4-7,9-10,13-14H,8H2,1-3H3/t9?,10-/m1/s1. The minimum atomic E-state index is -0.331. The molecule has 0 aliphatic rings. The average molecular weight is 209 g/mol. The van der Waals surface area contributed by atoms with E-state index < -0.39 is 0 Å². The molecule has 84 valence electrons. The number of para-hydroxylation sites is 1. The predicted octanol–water partition coefficient (Wildman–Crippen LogP) is 1.73. The zero-order valence-corrected chi connectivity index (χ0v) is 9.53. The van der Waals surface area contributed by atoms with Crippen LogP contribution in [-0.2, 0) is 0 Å². The van der Waals surface area contributed by atoms with Crippen molar-refractivity contribution in [3.05, 3.63) is 29.8 Å². The van der Waals surface area contributed by atoms with E-state index in [-0.39, 0.29) is 12.1 Å². The molecule has 15 heavy (non-hydrogen) atoms. The zero-order chi connectivity index (χ0) is 11.3. The van der Waals surface area contributed by atoms with Crippen LogP contribution in [0.2, 0.25) is 0 Å². The second-order valence-electron chi connectivity index (χ2n) is 3.72. The van der Waals surface area contributed by atoms with Gasteiger partial charge in [0.2, 0.25) is 0 Å². The molecule has 0 radical (unpaired) electrons. The van der Waals surface area contributed by atoms with Gasteiger partial charge in [-0.1, -0.05) is 18.2 Å². The third kappa shape index (κ3) is 3.53. The van der Waals surface area contributed by atoms with Crippen LogP contribution in [-0.4, -0.2) is 24.9 Å². The van der Waals surface area contributed by atoms with E-state index in [2.05, 4.69) is 12.2 Å². The highest BCUT2D eigenvalue weighted by Gasteiger charge is 2.10. The summed E-state index contributed by atoms with van der Waals surface area (Å²) in [5.41, 5.74) is 1.11. The Morgan fingerprint density at radius 3 is 2.60 bits per heavy atom. The molecule has 3 nitrogen and oxygen atoms in total. The molecule has 0 fully saturated rings. The lowest BCUT2D eigenvalue weighted by atomic mass is 10.1. The number of hydrogen-bond donors (Lipinski definition) is 2. The van der Waals surface area contributed by atoms with Crippen LogP contribution in [0.15, 0.2) is 24.3 Å². The highest BCUT2D eigenvalue weighted by atomic mass is 16.5. The molecule has 0 aromatic heterocycles. The van der Waals surface area contributed by atoms with Crippen molar-refractivity contribution in [2.75, 3.05) is 13.7 Å². The van der Waals surface area contributed by atoms with E-state index in [0.717, 1.165) is 11.3 Å². The summed E-state index contributed by atoms with van der Waals surface area (Å²) in [5.74, 6) is 0.878. The summed E-state index contributed by atoms with van der Waals surface area (Å²) in [4.78, 5) is 0. The number of ether oxygens (including phenoxy) is 1. The SMILES string of the molecule is COc1ccccc1[C@@H](C)NCC(C)O. The lowest BCUT2D eigenvalue weighted by Gasteiger charge is -2.17. The van der Waals surface area contributed by atoms with E-state index in [1.54, 1.807) is 14.0 Å². The summed E-state index contributed by atoms with van der Waals surface area (Å²) < 4.78 is 5.27. The molecular formula is C12H19NO2. The Bertz CT molecular complexity index is 299. The van der Waals surface area contributed by atoms with Crippen LogP contribution in [0.1, 0.15) is 25.5 Å². The Morgan fingerprint density at radius 2 is 2.00 bits per heavy atom. The number of rotatable bonds is 5. The van der Waals surface area contributed by atoms with Crippen molar-refractivity contribution in [1.82, 2.24) is 5.32 Å². The van der Waals surface area contributed by atoms with Gasteiger partial charge in [0, 0.05) is 18.2 Å². The molecule has 0 saturated heterocycles. The van der Waals surface area contributed by atoms with Crippen molar-refractivity contribution in [3.8, 4) is 5.75 Å². The van der Waals surface area contributed by atoms with Gasteiger partial charge in [-0.2, -0.15) is 0 Å². The number of hydrogen-bond acceptors (Lipinski definition) is 3. The number of nitrogens with one attached hydrogen (secondary N) is 1. The molecule has 1 rings (SSSR count). The number of aliphatic hydroxyl groups is 1. The summed E-state index contributed by atoms with van der Waals surface area (Å²) in [6.45, 7) is 4.40. The van der Waals surface area contributed by atoms with E-state index in [4.69, 9.17) is 4.74 Å². The van der Waals surface area contributed by atoms with Crippen molar-refractivity contribution in [2.45, 2.75) is 26.0 Å². The van der Waals surface area contributed by atoms with Crippen molar-refractivity contribution < 1.29 is 9.84 Å². The molecule has 0 saturated carbocycles. The normalized spacial score (nSPS) is 14.7. The number of aliphatic hydroxyl groups excluding tert-OH is 1. The maximum Gasteiger partial charge on any atom is 0.123 e. The van der Waals surface area contributed by atoms with E-state index in [1.165, 1.54) is 0 Å². The summed E-state index contributed by atoms with van der Waals surface area (Å²) in [5, 5.41) is 12.4. The average Bonchev–Trinajstić information content (AvgIpc) is 2.25. The fourth-order valence-corrected chi connectivity index (χ4v) is 1.48. The first kappa shape index (κ1) is 12.0. The lowest BCUT2D eigenvalue weighted by molar-refractivity contribution is 0.187. The molecule has 0 aliphatic heterocycles. The van der Waals surface area contributed by atoms with Gasteiger partial charge in [-0.15, -0.1) is 0 Å². The molecule has 0 bridgehead atoms. The van der Waals surface area contributed by atoms with Gasteiger partial charge < -0.3 is 15.2 Å². The molecule has 2 atom stereocenters. The van der Waals surface area contributed by atoms with Gasteiger partial charge in [0.1, 0.15) is 5.75 Å². The maximum absolute atomic E-state index is 9.18. The fourth-order valence-electron chi connectivity index (χ4n) is 1.48. The van der Waals surface area contributed by atoms with Gasteiger partial charge in [0.15, 0.2) is 0 Å². The van der Waals surface area contributed by atoms with Crippen molar-refractivity contribution in [3.63, 3.8) is 0 Å². The van der Waals surface area contributed by atoms with Crippen LogP contribution in [0.5, 0.6) is 5.75 Å². The molecule has 1 unspecified atom stereocenters. The van der Waals surface area contributed by atoms with Crippen LogP contribution in [0.4, 0.5) is 0 Å². The van der Waals surface area contributed by atoms with Crippen LogP contribution >= 0.6 is 0 Å². The van der Waals surface area contributed by atoms with Gasteiger partial charge >= 0.3 is 0 Å². The Hall–Kier alpha value is -1.06. The molecule has 0 amide bonds. The molecule has 0 heterocycles. The Balaban J connectivity index is 2.68. The second kappa shape index (κ2) is 5.73. The molecule has 0 spiro atoms. The summed E-state index contributed by atoms with van der Waals surface area (Å²) in [6, 6.07) is 8.08. The quantitative estimate of drug-likeness (QED) is 0.776. The van der Waals surface area contributed by atoms with E-state index >= 15 is 0 Å². The van der Waals surface area contributed by atoms with Gasteiger partial charge in [0.05, 0.1) is 13.2 Å². The molecule has 3 heteroatoms. The summed E-state index contributed by atoms with van der Waals surface area (Å²) >= 11 is 0. The van der Waals surface area contributed by atoms with Gasteiger partial charge in [-0.25, -0.2) is 0 Å². The van der Waals surface area contributed by atoms with Crippen LogP contribution < -0.4 is 10.1 Å². The highest BCUT2D eigenvalue weighted by molar-refractivity contribution is 5.35. The van der Waals surface area contributed by atoms with Gasteiger partial charge in [-0.3, -0.25) is 0 Å². The molecule has 1 aromatic carbocycles. The molecule has 1 aromatic rings. The Kier molecular flexibility index (Phi) is 4.59. The van der Waals surface area contributed by atoms with Crippen molar-refractivity contribution in [1.29, 1.82) is 0 Å². The third-order valence-electron chi connectivity index (χ3n) is 2.32. The monoisotopic (exact) mass is 209 g/mol. The zero-order valence-electron chi connectivity index (χ0n) is 9.53. The van der Waals surface area contributed by atoms with Gasteiger partial charge in [0.25, 0.3) is 0 Å². The largest absolute Gasteiger partial charge is 0.496 e.